The third-order valence-corrected chi connectivity index (χ3v) is 9.03. The van der Waals surface area contributed by atoms with Gasteiger partial charge in [0.2, 0.25) is 0 Å². The van der Waals surface area contributed by atoms with Crippen molar-refractivity contribution in [2.45, 2.75) is 76.9 Å². The summed E-state index contributed by atoms with van der Waals surface area (Å²) in [6.45, 7) is 11.9. The Hall–Kier alpha value is -3.55. The summed E-state index contributed by atoms with van der Waals surface area (Å²) in [7, 11) is 0. The third kappa shape index (κ3) is 8.59. The van der Waals surface area contributed by atoms with Gasteiger partial charge in [-0.25, -0.2) is 9.18 Å². The molecule has 6 nitrogen and oxygen atoms in total. The summed E-state index contributed by atoms with van der Waals surface area (Å²) in [4.78, 5) is 28.0. The van der Waals surface area contributed by atoms with Crippen molar-refractivity contribution in [1.29, 1.82) is 0 Å². The zero-order valence-corrected chi connectivity index (χ0v) is 27.1. The SMILES string of the molecule is CCOC(=O)c1ccc(CCCN2CCC(CNC3(C(=O)OC(C)(C)C)CC3c3ccc(-c4ccc(F)cc4)cc3)CC2)cc1. The number of carbonyl (C=O) groups is 2. The van der Waals surface area contributed by atoms with Gasteiger partial charge in [0.25, 0.3) is 0 Å². The number of ether oxygens (including phenoxy) is 2. The van der Waals surface area contributed by atoms with Crippen molar-refractivity contribution in [2.24, 2.45) is 5.92 Å². The third-order valence-electron chi connectivity index (χ3n) is 9.03. The fourth-order valence-corrected chi connectivity index (χ4v) is 6.35. The monoisotopic (exact) mass is 614 g/mol. The van der Waals surface area contributed by atoms with Crippen LogP contribution in [0.3, 0.4) is 0 Å². The predicted octanol–water partition coefficient (Wildman–Crippen LogP) is 7.17. The lowest BCUT2D eigenvalue weighted by Gasteiger charge is -2.33. The van der Waals surface area contributed by atoms with Crippen LogP contribution >= 0.6 is 0 Å². The highest BCUT2D eigenvalue weighted by molar-refractivity contribution is 5.89. The standard InChI is InChI=1S/C38H47FN2O4/c1-5-44-35(42)32-10-8-27(9-11-32)7-6-22-41-23-20-28(21-24-41)26-40-38(36(43)45-37(2,3)4)25-34(38)31-14-12-29(13-15-31)30-16-18-33(39)19-17-30/h8-19,28,34,40H,5-7,20-26H2,1-4H3. The predicted molar refractivity (Wildman–Crippen MR) is 176 cm³/mol. The molecule has 7 heteroatoms. The summed E-state index contributed by atoms with van der Waals surface area (Å²) in [5.74, 6) is -0.120. The number of piperidine rings is 1. The number of nitrogens with zero attached hydrogens (tertiary/aromatic N) is 1. The first-order valence-corrected chi connectivity index (χ1v) is 16.4. The Morgan fingerprint density at radius 1 is 0.933 bits per heavy atom. The largest absolute Gasteiger partial charge is 0.462 e. The molecule has 1 N–H and O–H groups in total. The van der Waals surface area contributed by atoms with Gasteiger partial charge < -0.3 is 19.7 Å². The van der Waals surface area contributed by atoms with E-state index in [1.165, 1.54) is 17.7 Å². The van der Waals surface area contributed by atoms with Crippen molar-refractivity contribution >= 4 is 11.9 Å². The topological polar surface area (TPSA) is 67.9 Å². The smallest absolute Gasteiger partial charge is 0.338 e. The van der Waals surface area contributed by atoms with Gasteiger partial charge in [-0.05, 0) is 138 Å². The van der Waals surface area contributed by atoms with Gasteiger partial charge >= 0.3 is 11.9 Å². The minimum atomic E-state index is -0.704. The first kappa shape index (κ1) is 32.8. The van der Waals surface area contributed by atoms with E-state index in [1.807, 2.05) is 52.0 Å². The molecule has 0 amide bonds. The van der Waals surface area contributed by atoms with Crippen LogP contribution in [0.25, 0.3) is 11.1 Å². The van der Waals surface area contributed by atoms with Gasteiger partial charge in [0.15, 0.2) is 0 Å². The summed E-state index contributed by atoms with van der Waals surface area (Å²) < 4.78 is 24.4. The molecule has 240 valence electrons. The van der Waals surface area contributed by atoms with Crippen LogP contribution < -0.4 is 5.32 Å². The number of hydrogen-bond donors (Lipinski definition) is 1. The first-order chi connectivity index (χ1) is 21.6. The van der Waals surface area contributed by atoms with Gasteiger partial charge in [-0.15, -0.1) is 0 Å². The highest BCUT2D eigenvalue weighted by Gasteiger charge is 2.62. The van der Waals surface area contributed by atoms with E-state index in [0.29, 0.717) is 18.1 Å². The zero-order valence-electron chi connectivity index (χ0n) is 27.1. The Morgan fingerprint density at radius 3 is 2.16 bits per heavy atom. The highest BCUT2D eigenvalue weighted by atomic mass is 19.1. The summed E-state index contributed by atoms with van der Waals surface area (Å²) in [5, 5.41) is 3.70. The lowest BCUT2D eigenvalue weighted by molar-refractivity contribution is -0.159. The number of nitrogens with one attached hydrogen (secondary N) is 1. The molecule has 2 aliphatic rings. The molecular formula is C38H47FN2O4. The van der Waals surface area contributed by atoms with E-state index in [1.54, 1.807) is 12.1 Å². The first-order valence-electron chi connectivity index (χ1n) is 16.4. The van der Waals surface area contributed by atoms with Gasteiger partial charge in [0.1, 0.15) is 17.0 Å². The minimum Gasteiger partial charge on any atom is -0.462 e. The van der Waals surface area contributed by atoms with Crippen LogP contribution in [0.4, 0.5) is 4.39 Å². The average molecular weight is 615 g/mol. The van der Waals surface area contributed by atoms with E-state index in [4.69, 9.17) is 9.47 Å². The molecule has 1 saturated carbocycles. The zero-order chi connectivity index (χ0) is 32.0. The van der Waals surface area contributed by atoms with Crippen molar-refractivity contribution in [3.8, 4) is 11.1 Å². The van der Waals surface area contributed by atoms with Crippen LogP contribution in [0.1, 0.15) is 80.8 Å². The molecule has 0 aromatic heterocycles. The lowest BCUT2D eigenvalue weighted by Crippen LogP contribution is -2.48. The van der Waals surface area contributed by atoms with Crippen molar-refractivity contribution in [3.05, 3.63) is 95.3 Å². The normalized spacial score (nSPS) is 20.5. The van der Waals surface area contributed by atoms with Crippen molar-refractivity contribution < 1.29 is 23.5 Å². The van der Waals surface area contributed by atoms with Gasteiger partial charge in [-0.1, -0.05) is 48.5 Å². The molecule has 0 bridgehead atoms. The molecule has 45 heavy (non-hydrogen) atoms. The maximum Gasteiger partial charge on any atom is 0.338 e. The second-order valence-electron chi connectivity index (χ2n) is 13.5. The fraction of sp³-hybridized carbons (Fsp3) is 0.474. The summed E-state index contributed by atoms with van der Waals surface area (Å²) >= 11 is 0. The molecule has 3 aromatic rings. The molecule has 2 atom stereocenters. The molecule has 5 rings (SSSR count). The molecule has 3 aromatic carbocycles. The second-order valence-corrected chi connectivity index (χ2v) is 13.5. The number of carbonyl (C=O) groups excluding carboxylic acids is 2. The minimum absolute atomic E-state index is 0.0565. The van der Waals surface area contributed by atoms with Gasteiger partial charge in [-0.3, -0.25) is 4.79 Å². The Balaban J connectivity index is 1.11. The number of esters is 2. The molecule has 0 radical (unpaired) electrons. The molecule has 1 heterocycles. The molecule has 0 spiro atoms. The van der Waals surface area contributed by atoms with Crippen LogP contribution in [0.5, 0.6) is 0 Å². The maximum absolute atomic E-state index is 13.5. The Bertz CT molecular complexity index is 1420. The molecule has 1 saturated heterocycles. The van der Waals surface area contributed by atoms with Gasteiger partial charge in [-0.2, -0.15) is 0 Å². The van der Waals surface area contributed by atoms with Crippen molar-refractivity contribution in [1.82, 2.24) is 10.2 Å². The molecular weight excluding hydrogens is 567 g/mol. The summed E-state index contributed by atoms with van der Waals surface area (Å²) in [6, 6.07) is 22.5. The highest BCUT2D eigenvalue weighted by Crippen LogP contribution is 2.53. The van der Waals surface area contributed by atoms with Crippen molar-refractivity contribution in [2.75, 3.05) is 32.8 Å². The van der Waals surface area contributed by atoms with Gasteiger partial charge in [0.05, 0.1) is 12.2 Å². The number of aryl methyl sites for hydroxylation is 1. The summed E-state index contributed by atoms with van der Waals surface area (Å²) in [6.07, 6.45) is 4.98. The number of hydrogen-bond acceptors (Lipinski definition) is 6. The van der Waals surface area contributed by atoms with Crippen LogP contribution in [-0.4, -0.2) is 60.8 Å². The Morgan fingerprint density at radius 2 is 1.56 bits per heavy atom. The number of likely N-dealkylation sites (tertiary alicyclic amines) is 1. The van der Waals surface area contributed by atoms with Crippen LogP contribution in [-0.2, 0) is 20.7 Å². The quantitative estimate of drug-likeness (QED) is 0.218. The van der Waals surface area contributed by atoms with Crippen LogP contribution in [0.15, 0.2) is 72.8 Å². The van der Waals surface area contributed by atoms with Gasteiger partial charge in [0, 0.05) is 5.92 Å². The number of rotatable bonds is 12. The second kappa shape index (κ2) is 14.3. The summed E-state index contributed by atoms with van der Waals surface area (Å²) in [5.41, 5.74) is 3.68. The van der Waals surface area contributed by atoms with Crippen molar-refractivity contribution in [3.63, 3.8) is 0 Å². The number of halogens is 1. The van der Waals surface area contributed by atoms with E-state index in [0.717, 1.165) is 75.0 Å². The van der Waals surface area contributed by atoms with Crippen LogP contribution in [0.2, 0.25) is 0 Å². The molecule has 1 aliphatic heterocycles. The lowest BCUT2D eigenvalue weighted by atomic mass is 9.95. The maximum atomic E-state index is 13.5. The van der Waals surface area contributed by atoms with E-state index in [2.05, 4.69) is 34.5 Å². The van der Waals surface area contributed by atoms with E-state index < -0.39 is 11.1 Å². The Kier molecular flexibility index (Phi) is 10.4. The Labute approximate surface area is 267 Å². The molecule has 2 unspecified atom stereocenters. The average Bonchev–Trinajstić information content (AvgIpc) is 3.77. The fourth-order valence-electron chi connectivity index (χ4n) is 6.35. The molecule has 2 fully saturated rings. The van der Waals surface area contributed by atoms with E-state index in [9.17, 15) is 14.0 Å². The van der Waals surface area contributed by atoms with E-state index >= 15 is 0 Å². The van der Waals surface area contributed by atoms with Crippen LogP contribution in [0, 0.1) is 11.7 Å². The molecule has 1 aliphatic carbocycles. The number of benzene rings is 3. The van der Waals surface area contributed by atoms with E-state index in [-0.39, 0.29) is 23.7 Å².